The van der Waals surface area contributed by atoms with Crippen LogP contribution in [0, 0.1) is 0 Å². The number of halogens is 1. The lowest BCUT2D eigenvalue weighted by Crippen LogP contribution is -2.32. The number of nitrogens with zero attached hydrogens (tertiary/aromatic N) is 1. The number of primary amides is 1. The molecule has 1 aromatic rings. The third kappa shape index (κ3) is 3.85. The number of nitrogens with one attached hydrogen (secondary N) is 1. The zero-order chi connectivity index (χ0) is 12.1. The number of aromatic nitrogens is 1. The normalized spacial score (nSPS) is 11.6. The average Bonchev–Trinajstić information content (AvgIpc) is 2.16. The Morgan fingerprint density at radius 1 is 1.56 bits per heavy atom. The number of nitrogens with two attached hydrogens (primary N) is 1. The van der Waals surface area contributed by atoms with Gasteiger partial charge in [-0.25, -0.2) is 9.78 Å². The molecule has 1 atom stereocenters. The van der Waals surface area contributed by atoms with Crippen molar-refractivity contribution in [3.05, 3.63) is 22.8 Å². The SMILES string of the molecule is C[C@H](OC(N)=O)C(=O)Nc1cccc(Br)n1. The third-order valence-electron chi connectivity index (χ3n) is 1.63. The van der Waals surface area contributed by atoms with Crippen molar-refractivity contribution in [2.45, 2.75) is 13.0 Å². The monoisotopic (exact) mass is 287 g/mol. The van der Waals surface area contributed by atoms with Gasteiger partial charge >= 0.3 is 6.09 Å². The highest BCUT2D eigenvalue weighted by molar-refractivity contribution is 9.10. The first-order chi connectivity index (χ1) is 7.49. The molecule has 0 fully saturated rings. The van der Waals surface area contributed by atoms with Crippen molar-refractivity contribution >= 4 is 33.7 Å². The van der Waals surface area contributed by atoms with Gasteiger partial charge in [0.1, 0.15) is 10.4 Å². The summed E-state index contributed by atoms with van der Waals surface area (Å²) in [4.78, 5) is 25.9. The Balaban J connectivity index is 2.60. The van der Waals surface area contributed by atoms with E-state index in [2.05, 4.69) is 31.0 Å². The summed E-state index contributed by atoms with van der Waals surface area (Å²) in [6.07, 6.45) is -1.96. The van der Waals surface area contributed by atoms with Crippen molar-refractivity contribution in [2.24, 2.45) is 5.73 Å². The molecule has 6 nitrogen and oxygen atoms in total. The third-order valence-corrected chi connectivity index (χ3v) is 2.07. The van der Waals surface area contributed by atoms with Crippen molar-refractivity contribution in [3.63, 3.8) is 0 Å². The van der Waals surface area contributed by atoms with Gasteiger partial charge in [-0.2, -0.15) is 0 Å². The minimum atomic E-state index is -0.996. The van der Waals surface area contributed by atoms with Crippen molar-refractivity contribution in [3.8, 4) is 0 Å². The lowest BCUT2D eigenvalue weighted by atomic mass is 10.3. The maximum absolute atomic E-state index is 11.5. The summed E-state index contributed by atoms with van der Waals surface area (Å²) < 4.78 is 5.09. The molecular formula is C9H10BrN3O3. The van der Waals surface area contributed by atoms with Crippen LogP contribution in [-0.2, 0) is 9.53 Å². The smallest absolute Gasteiger partial charge is 0.405 e. The molecule has 0 saturated heterocycles. The number of amides is 2. The summed E-state index contributed by atoms with van der Waals surface area (Å²) in [5.74, 6) is -0.135. The molecule has 0 aliphatic carbocycles. The summed E-state index contributed by atoms with van der Waals surface area (Å²) >= 11 is 3.16. The second kappa shape index (κ2) is 5.45. The predicted octanol–water partition coefficient (Wildman–Crippen LogP) is 1.27. The average molecular weight is 288 g/mol. The number of hydrogen-bond donors (Lipinski definition) is 2. The van der Waals surface area contributed by atoms with E-state index in [0.717, 1.165) is 0 Å². The summed E-state index contributed by atoms with van der Waals surface area (Å²) in [6.45, 7) is 1.41. The van der Waals surface area contributed by atoms with Crippen LogP contribution in [0.25, 0.3) is 0 Å². The minimum Gasteiger partial charge on any atom is -0.437 e. The first kappa shape index (κ1) is 12.4. The maximum atomic E-state index is 11.5. The van der Waals surface area contributed by atoms with Crippen LogP contribution in [0.15, 0.2) is 22.8 Å². The van der Waals surface area contributed by atoms with E-state index in [-0.39, 0.29) is 0 Å². The van der Waals surface area contributed by atoms with Gasteiger partial charge in [-0.1, -0.05) is 6.07 Å². The standard InChI is InChI=1S/C9H10BrN3O3/c1-5(16-9(11)15)8(14)13-7-4-2-3-6(10)12-7/h2-5H,1H3,(H2,11,15)(H,12,13,14)/t5-/m0/s1. The number of rotatable bonds is 3. The van der Waals surface area contributed by atoms with Crippen LogP contribution >= 0.6 is 15.9 Å². The van der Waals surface area contributed by atoms with Gasteiger partial charge in [0.2, 0.25) is 0 Å². The molecule has 86 valence electrons. The summed E-state index contributed by atoms with van der Waals surface area (Å²) in [5.41, 5.74) is 4.78. The lowest BCUT2D eigenvalue weighted by Gasteiger charge is -2.11. The lowest BCUT2D eigenvalue weighted by molar-refractivity contribution is -0.123. The molecule has 16 heavy (non-hydrogen) atoms. The van der Waals surface area contributed by atoms with Crippen molar-refractivity contribution in [1.82, 2.24) is 4.98 Å². The predicted molar refractivity (Wildman–Crippen MR) is 60.7 cm³/mol. The van der Waals surface area contributed by atoms with Crippen molar-refractivity contribution < 1.29 is 14.3 Å². The van der Waals surface area contributed by atoms with E-state index in [1.54, 1.807) is 18.2 Å². The Labute approximate surface area is 100 Å². The van der Waals surface area contributed by atoms with Crippen molar-refractivity contribution in [2.75, 3.05) is 5.32 Å². The number of hydrogen-bond acceptors (Lipinski definition) is 4. The van der Waals surface area contributed by atoms with Gasteiger partial charge in [-0.15, -0.1) is 0 Å². The van der Waals surface area contributed by atoms with Crippen LogP contribution < -0.4 is 11.1 Å². The van der Waals surface area contributed by atoms with E-state index in [4.69, 9.17) is 5.73 Å². The molecule has 1 heterocycles. The Morgan fingerprint density at radius 2 is 2.25 bits per heavy atom. The fourth-order valence-electron chi connectivity index (χ4n) is 0.933. The van der Waals surface area contributed by atoms with E-state index in [9.17, 15) is 9.59 Å². The Bertz CT molecular complexity index is 411. The number of anilines is 1. The first-order valence-electron chi connectivity index (χ1n) is 4.38. The van der Waals surface area contributed by atoms with Gasteiger partial charge < -0.3 is 15.8 Å². The fourth-order valence-corrected chi connectivity index (χ4v) is 1.28. The van der Waals surface area contributed by atoms with Crippen LogP contribution in [0.2, 0.25) is 0 Å². The fraction of sp³-hybridized carbons (Fsp3) is 0.222. The van der Waals surface area contributed by atoms with Crippen LogP contribution in [0.3, 0.4) is 0 Å². The summed E-state index contributed by atoms with van der Waals surface area (Å²) in [6, 6.07) is 5.05. The van der Waals surface area contributed by atoms with Crippen molar-refractivity contribution in [1.29, 1.82) is 0 Å². The van der Waals surface area contributed by atoms with Crippen LogP contribution in [-0.4, -0.2) is 23.1 Å². The van der Waals surface area contributed by atoms with Crippen LogP contribution in [0.4, 0.5) is 10.6 Å². The second-order valence-electron chi connectivity index (χ2n) is 2.91. The van der Waals surface area contributed by atoms with E-state index >= 15 is 0 Å². The summed E-state index contributed by atoms with van der Waals surface area (Å²) in [5, 5.41) is 2.48. The van der Waals surface area contributed by atoms with Gasteiger partial charge in [-0.05, 0) is 35.0 Å². The quantitative estimate of drug-likeness (QED) is 0.819. The van der Waals surface area contributed by atoms with Gasteiger partial charge in [0.25, 0.3) is 5.91 Å². The van der Waals surface area contributed by atoms with Gasteiger partial charge in [0.05, 0.1) is 0 Å². The highest BCUT2D eigenvalue weighted by Crippen LogP contribution is 2.10. The van der Waals surface area contributed by atoms with E-state index in [0.29, 0.717) is 10.4 Å². The molecule has 0 saturated carbocycles. The largest absolute Gasteiger partial charge is 0.437 e. The minimum absolute atomic E-state index is 0.360. The molecule has 0 aromatic carbocycles. The van der Waals surface area contributed by atoms with Gasteiger partial charge in [-0.3, -0.25) is 4.79 Å². The molecule has 2 amide bonds. The highest BCUT2D eigenvalue weighted by atomic mass is 79.9. The molecule has 0 aliphatic heterocycles. The molecule has 0 bridgehead atoms. The number of carbonyl (C=O) groups is 2. The molecule has 0 aliphatic rings. The Hall–Kier alpha value is -1.63. The van der Waals surface area contributed by atoms with Crippen LogP contribution in [0.1, 0.15) is 6.92 Å². The second-order valence-corrected chi connectivity index (χ2v) is 3.73. The molecule has 3 N–H and O–H groups in total. The highest BCUT2D eigenvalue weighted by Gasteiger charge is 2.16. The van der Waals surface area contributed by atoms with E-state index in [1.165, 1.54) is 6.92 Å². The molecule has 7 heteroatoms. The molecular weight excluding hydrogens is 278 g/mol. The van der Waals surface area contributed by atoms with E-state index < -0.39 is 18.1 Å². The van der Waals surface area contributed by atoms with Crippen LogP contribution in [0.5, 0.6) is 0 Å². The number of pyridine rings is 1. The zero-order valence-electron chi connectivity index (χ0n) is 8.44. The topological polar surface area (TPSA) is 94.3 Å². The molecule has 1 aromatic heterocycles. The Morgan fingerprint density at radius 3 is 2.81 bits per heavy atom. The van der Waals surface area contributed by atoms with Gasteiger partial charge in [0.15, 0.2) is 6.10 Å². The van der Waals surface area contributed by atoms with Gasteiger partial charge in [0, 0.05) is 0 Å². The molecule has 1 rings (SSSR count). The zero-order valence-corrected chi connectivity index (χ0v) is 10.0. The Kier molecular flexibility index (Phi) is 4.24. The molecule has 0 radical (unpaired) electrons. The molecule has 0 spiro atoms. The molecule has 0 unspecified atom stereocenters. The summed E-state index contributed by atoms with van der Waals surface area (Å²) in [7, 11) is 0. The maximum Gasteiger partial charge on any atom is 0.405 e. The number of ether oxygens (including phenoxy) is 1. The first-order valence-corrected chi connectivity index (χ1v) is 5.18. The number of carbonyl (C=O) groups excluding carboxylic acids is 2. The van der Waals surface area contributed by atoms with E-state index in [1.807, 2.05) is 0 Å².